The Morgan fingerprint density at radius 2 is 1.81 bits per heavy atom. The number of hydrogen-bond acceptors (Lipinski definition) is 4. The van der Waals surface area contributed by atoms with Gasteiger partial charge in [-0.2, -0.15) is 0 Å². The van der Waals surface area contributed by atoms with Gasteiger partial charge in [0.1, 0.15) is 5.75 Å². The first-order valence-electron chi connectivity index (χ1n) is 8.81. The average molecular weight is 391 g/mol. The molecular weight excluding hydrogens is 364 g/mol. The van der Waals surface area contributed by atoms with Crippen molar-refractivity contribution in [1.29, 1.82) is 0 Å². The van der Waals surface area contributed by atoms with Crippen LogP contribution in [-0.4, -0.2) is 38.9 Å². The predicted molar refractivity (Wildman–Crippen MR) is 105 cm³/mol. The van der Waals surface area contributed by atoms with E-state index in [4.69, 9.17) is 4.74 Å². The topological polar surface area (TPSA) is 75.7 Å². The first kappa shape index (κ1) is 20.9. The van der Waals surface area contributed by atoms with Crippen LogP contribution >= 0.6 is 0 Å². The van der Waals surface area contributed by atoms with Crippen LogP contribution in [0.5, 0.6) is 5.75 Å². The molecule has 0 atom stereocenters. The lowest BCUT2D eigenvalue weighted by Gasteiger charge is -2.21. The predicted octanol–water partition coefficient (Wildman–Crippen LogP) is 3.04. The van der Waals surface area contributed by atoms with Crippen LogP contribution in [0, 0.1) is 0 Å². The third-order valence-corrected chi connectivity index (χ3v) is 5.64. The van der Waals surface area contributed by atoms with Crippen molar-refractivity contribution in [2.75, 3.05) is 13.7 Å². The molecule has 27 heavy (non-hydrogen) atoms. The molecule has 0 spiro atoms. The molecule has 0 aromatic heterocycles. The molecule has 0 heterocycles. The van der Waals surface area contributed by atoms with E-state index in [-0.39, 0.29) is 16.8 Å². The lowest BCUT2D eigenvalue weighted by molar-refractivity contribution is 0.0752. The van der Waals surface area contributed by atoms with E-state index in [2.05, 4.69) is 4.72 Å². The number of carbonyl (C=O) groups is 1. The first-order chi connectivity index (χ1) is 12.8. The lowest BCUT2D eigenvalue weighted by Crippen LogP contribution is -2.32. The smallest absolute Gasteiger partial charge is 0.254 e. The summed E-state index contributed by atoms with van der Waals surface area (Å²) < 4.78 is 32.4. The second-order valence-electron chi connectivity index (χ2n) is 6.47. The van der Waals surface area contributed by atoms with E-state index in [1.54, 1.807) is 38.0 Å². The van der Waals surface area contributed by atoms with Gasteiger partial charge in [-0.05, 0) is 56.7 Å². The molecule has 2 rings (SSSR count). The molecular formula is C20H26N2O4S. The van der Waals surface area contributed by atoms with E-state index in [9.17, 15) is 13.2 Å². The van der Waals surface area contributed by atoms with Crippen LogP contribution < -0.4 is 9.46 Å². The Kier molecular flexibility index (Phi) is 6.98. The molecule has 0 saturated carbocycles. The van der Waals surface area contributed by atoms with Crippen LogP contribution in [-0.2, 0) is 16.6 Å². The van der Waals surface area contributed by atoms with Crippen LogP contribution in [0.25, 0.3) is 0 Å². The maximum atomic E-state index is 12.9. The fraction of sp³-hybridized carbons (Fsp3) is 0.350. The van der Waals surface area contributed by atoms with Crippen LogP contribution in [0.1, 0.15) is 36.7 Å². The Morgan fingerprint density at radius 1 is 1.15 bits per heavy atom. The van der Waals surface area contributed by atoms with Crippen molar-refractivity contribution in [1.82, 2.24) is 9.62 Å². The molecule has 2 aromatic carbocycles. The van der Waals surface area contributed by atoms with Gasteiger partial charge in [0.25, 0.3) is 5.91 Å². The molecule has 6 nitrogen and oxygen atoms in total. The number of methoxy groups -OCH3 is 1. The molecule has 0 aliphatic carbocycles. The Bertz CT molecular complexity index is 877. The third-order valence-electron chi connectivity index (χ3n) is 3.98. The lowest BCUT2D eigenvalue weighted by atomic mass is 10.1. The van der Waals surface area contributed by atoms with Crippen molar-refractivity contribution in [2.24, 2.45) is 0 Å². The zero-order valence-electron chi connectivity index (χ0n) is 16.1. The minimum Gasteiger partial charge on any atom is -0.497 e. The molecule has 1 N–H and O–H groups in total. The standard InChI is InChI=1S/C20H26N2O4S/c1-5-22(14-16-9-11-18(26-4)12-10-16)20(23)17-7-6-8-19(13-17)27(24,25)21-15(2)3/h6-13,15,21H,5,14H2,1-4H3. The first-order valence-corrected chi connectivity index (χ1v) is 10.3. The van der Waals surface area contributed by atoms with Crippen LogP contribution in [0.15, 0.2) is 53.4 Å². The van der Waals surface area contributed by atoms with Gasteiger partial charge < -0.3 is 9.64 Å². The highest BCUT2D eigenvalue weighted by atomic mass is 32.2. The zero-order valence-corrected chi connectivity index (χ0v) is 16.9. The number of ether oxygens (including phenoxy) is 1. The van der Waals surface area contributed by atoms with Crippen molar-refractivity contribution in [3.8, 4) is 5.75 Å². The summed E-state index contributed by atoms with van der Waals surface area (Å²) in [4.78, 5) is 14.6. The van der Waals surface area contributed by atoms with Gasteiger partial charge in [-0.3, -0.25) is 4.79 Å². The van der Waals surface area contributed by atoms with Crippen molar-refractivity contribution in [3.63, 3.8) is 0 Å². The van der Waals surface area contributed by atoms with Gasteiger partial charge in [0.15, 0.2) is 0 Å². The number of sulfonamides is 1. The third kappa shape index (κ3) is 5.55. The van der Waals surface area contributed by atoms with E-state index in [1.807, 2.05) is 31.2 Å². The molecule has 7 heteroatoms. The summed E-state index contributed by atoms with van der Waals surface area (Å²) in [5.41, 5.74) is 1.31. The van der Waals surface area contributed by atoms with E-state index in [0.29, 0.717) is 18.7 Å². The molecule has 146 valence electrons. The molecule has 0 fully saturated rings. The Labute approximate surface area is 161 Å². The number of hydrogen-bond donors (Lipinski definition) is 1. The maximum absolute atomic E-state index is 12.9. The zero-order chi connectivity index (χ0) is 20.0. The normalized spacial score (nSPS) is 11.4. The maximum Gasteiger partial charge on any atom is 0.254 e. The Balaban J connectivity index is 2.22. The van der Waals surface area contributed by atoms with Gasteiger partial charge in [-0.1, -0.05) is 18.2 Å². The van der Waals surface area contributed by atoms with Gasteiger partial charge in [-0.25, -0.2) is 13.1 Å². The summed E-state index contributed by atoms with van der Waals surface area (Å²) >= 11 is 0. The van der Waals surface area contributed by atoms with Crippen molar-refractivity contribution in [3.05, 3.63) is 59.7 Å². The summed E-state index contributed by atoms with van der Waals surface area (Å²) in [7, 11) is -2.05. The molecule has 0 unspecified atom stereocenters. The van der Waals surface area contributed by atoms with Crippen molar-refractivity contribution < 1.29 is 17.9 Å². The van der Waals surface area contributed by atoms with E-state index < -0.39 is 10.0 Å². The van der Waals surface area contributed by atoms with Gasteiger partial charge >= 0.3 is 0 Å². The molecule has 0 radical (unpaired) electrons. The van der Waals surface area contributed by atoms with E-state index in [0.717, 1.165) is 11.3 Å². The summed E-state index contributed by atoms with van der Waals surface area (Å²) in [5, 5.41) is 0. The molecule has 0 bridgehead atoms. The number of rotatable bonds is 8. The Morgan fingerprint density at radius 3 is 2.37 bits per heavy atom. The average Bonchev–Trinajstić information content (AvgIpc) is 2.65. The number of nitrogens with zero attached hydrogens (tertiary/aromatic N) is 1. The van der Waals surface area contributed by atoms with Gasteiger partial charge in [0.05, 0.1) is 12.0 Å². The summed E-state index contributed by atoms with van der Waals surface area (Å²) in [6.07, 6.45) is 0. The summed E-state index contributed by atoms with van der Waals surface area (Å²) in [6, 6.07) is 13.4. The summed E-state index contributed by atoms with van der Waals surface area (Å²) in [5.74, 6) is 0.540. The van der Waals surface area contributed by atoms with Crippen LogP contribution in [0.3, 0.4) is 0 Å². The second-order valence-corrected chi connectivity index (χ2v) is 8.19. The van der Waals surface area contributed by atoms with Crippen LogP contribution in [0.4, 0.5) is 0 Å². The molecule has 0 aliphatic heterocycles. The van der Waals surface area contributed by atoms with Crippen molar-refractivity contribution >= 4 is 15.9 Å². The quantitative estimate of drug-likeness (QED) is 0.752. The van der Waals surface area contributed by atoms with Crippen molar-refractivity contribution in [2.45, 2.75) is 38.3 Å². The summed E-state index contributed by atoms with van der Waals surface area (Å²) in [6.45, 7) is 6.33. The molecule has 1 amide bonds. The fourth-order valence-electron chi connectivity index (χ4n) is 2.64. The second kappa shape index (κ2) is 9.01. The van der Waals surface area contributed by atoms with Gasteiger partial charge in [0.2, 0.25) is 10.0 Å². The highest BCUT2D eigenvalue weighted by Gasteiger charge is 2.20. The SMILES string of the molecule is CCN(Cc1ccc(OC)cc1)C(=O)c1cccc(S(=O)(=O)NC(C)C)c1. The minimum absolute atomic E-state index is 0.0857. The van der Waals surface area contributed by atoms with Gasteiger partial charge in [-0.15, -0.1) is 0 Å². The number of amides is 1. The number of carbonyl (C=O) groups excluding carboxylic acids is 1. The Hall–Kier alpha value is -2.38. The molecule has 2 aromatic rings. The van der Waals surface area contributed by atoms with E-state index >= 15 is 0 Å². The minimum atomic E-state index is -3.65. The molecule has 0 aliphatic rings. The molecule has 0 saturated heterocycles. The highest BCUT2D eigenvalue weighted by molar-refractivity contribution is 7.89. The number of benzene rings is 2. The number of nitrogens with one attached hydrogen (secondary N) is 1. The largest absolute Gasteiger partial charge is 0.497 e. The fourth-order valence-corrected chi connectivity index (χ4v) is 3.93. The van der Waals surface area contributed by atoms with Gasteiger partial charge in [0, 0.05) is 24.7 Å². The van der Waals surface area contributed by atoms with Crippen LogP contribution in [0.2, 0.25) is 0 Å². The monoisotopic (exact) mass is 390 g/mol. The van der Waals surface area contributed by atoms with E-state index in [1.165, 1.54) is 12.1 Å². The highest BCUT2D eigenvalue weighted by Crippen LogP contribution is 2.17.